The Hall–Kier alpha value is -2.33. The number of amides is 2. The van der Waals surface area contributed by atoms with Crippen LogP contribution in [-0.4, -0.2) is 61.3 Å². The summed E-state index contributed by atoms with van der Waals surface area (Å²) in [5, 5.41) is 15.9. The number of carboxylic acid groups (broad SMARTS) is 1. The van der Waals surface area contributed by atoms with E-state index >= 15 is 0 Å². The van der Waals surface area contributed by atoms with Gasteiger partial charge >= 0.3 is 12.3 Å². The number of carbonyl (C=O) groups is 2. The van der Waals surface area contributed by atoms with Crippen LogP contribution in [-0.2, 0) is 24.1 Å². The summed E-state index contributed by atoms with van der Waals surface area (Å²) in [7, 11) is 0. The van der Waals surface area contributed by atoms with Crippen molar-refractivity contribution in [3.8, 4) is 0 Å². The molecule has 2 aliphatic heterocycles. The zero-order valence-corrected chi connectivity index (χ0v) is 14.2. The van der Waals surface area contributed by atoms with E-state index in [1.807, 2.05) is 6.92 Å². The summed E-state index contributed by atoms with van der Waals surface area (Å²) >= 11 is 0. The van der Waals surface area contributed by atoms with Gasteiger partial charge in [0.2, 0.25) is 11.7 Å². The normalized spacial score (nSPS) is 23.7. The highest BCUT2D eigenvalue weighted by Gasteiger charge is 2.41. The number of fused-ring (bicyclic) bond motifs is 1. The molecule has 0 spiro atoms. The third-order valence-electron chi connectivity index (χ3n) is 5.16. The lowest BCUT2D eigenvalue weighted by Gasteiger charge is -2.39. The first-order chi connectivity index (χ1) is 12.2. The Morgan fingerprint density at radius 1 is 1.19 bits per heavy atom. The minimum absolute atomic E-state index is 0.00627. The Labute approximate surface area is 147 Å². The molecule has 8 nitrogen and oxygen atoms in total. The van der Waals surface area contributed by atoms with Crippen molar-refractivity contribution in [2.24, 2.45) is 11.8 Å². The van der Waals surface area contributed by atoms with Gasteiger partial charge in [0, 0.05) is 32.1 Å². The molecular weight excluding hydrogens is 355 g/mol. The van der Waals surface area contributed by atoms with Gasteiger partial charge in [-0.2, -0.15) is 13.2 Å². The fourth-order valence-electron chi connectivity index (χ4n) is 3.73. The molecule has 0 bridgehead atoms. The molecule has 2 aliphatic rings. The third-order valence-corrected chi connectivity index (χ3v) is 5.16. The molecule has 1 saturated heterocycles. The fraction of sp³-hybridized carbons (Fsp3) is 0.733. The van der Waals surface area contributed by atoms with Crippen LogP contribution in [0.2, 0.25) is 0 Å². The molecule has 0 aromatic carbocycles. The van der Waals surface area contributed by atoms with Gasteiger partial charge in [-0.1, -0.05) is 13.3 Å². The predicted octanol–water partition coefficient (Wildman–Crippen LogP) is 1.67. The molecule has 26 heavy (non-hydrogen) atoms. The summed E-state index contributed by atoms with van der Waals surface area (Å²) in [6.07, 6.45) is -4.50. The molecule has 0 aliphatic carbocycles. The molecule has 2 amide bonds. The second-order valence-electron chi connectivity index (χ2n) is 6.64. The summed E-state index contributed by atoms with van der Waals surface area (Å²) in [6, 6.07) is 0. The first kappa shape index (κ1) is 18.5. The number of halogens is 3. The van der Waals surface area contributed by atoms with Gasteiger partial charge in [-0.3, -0.25) is 4.79 Å². The largest absolute Gasteiger partial charge is 0.465 e. The number of alkyl halides is 3. The zero-order chi connectivity index (χ0) is 19.1. The minimum atomic E-state index is -4.58. The number of hydrogen-bond donors (Lipinski definition) is 1. The Bertz CT molecular complexity index is 705. The number of hydrogen-bond acceptors (Lipinski definition) is 4. The molecule has 0 unspecified atom stereocenters. The maximum Gasteiger partial charge on any atom is 0.451 e. The van der Waals surface area contributed by atoms with Crippen molar-refractivity contribution in [1.82, 2.24) is 24.6 Å². The van der Waals surface area contributed by atoms with Crippen molar-refractivity contribution < 1.29 is 27.9 Å². The van der Waals surface area contributed by atoms with Crippen LogP contribution in [0.1, 0.15) is 31.4 Å². The van der Waals surface area contributed by atoms with Gasteiger partial charge in [-0.25, -0.2) is 4.79 Å². The van der Waals surface area contributed by atoms with E-state index in [1.54, 1.807) is 0 Å². The molecule has 144 valence electrons. The molecule has 1 fully saturated rings. The zero-order valence-electron chi connectivity index (χ0n) is 14.2. The van der Waals surface area contributed by atoms with Crippen LogP contribution >= 0.6 is 0 Å². The Balaban J connectivity index is 1.72. The number of aromatic nitrogens is 3. The number of likely N-dealkylation sites (tertiary alicyclic amines) is 1. The molecule has 0 saturated carbocycles. The first-order valence-corrected chi connectivity index (χ1v) is 8.48. The van der Waals surface area contributed by atoms with E-state index in [1.165, 1.54) is 9.80 Å². The van der Waals surface area contributed by atoms with Crippen molar-refractivity contribution in [2.45, 2.75) is 39.0 Å². The number of carbonyl (C=O) groups excluding carboxylic acids is 1. The Kier molecular flexibility index (Phi) is 4.80. The standard InChI is InChI=1S/C15H20F3N5O3/c1-2-9-7-22(14(25)26)4-3-10(9)12(24)21-5-6-23-11(8-21)19-20-13(23)15(16,17)18/h9-10H,2-8H2,1H3,(H,25,26)/t9-,10+/m0/s1. The molecular formula is C15H20F3N5O3. The van der Waals surface area contributed by atoms with Gasteiger partial charge in [0.05, 0.1) is 6.54 Å². The van der Waals surface area contributed by atoms with Gasteiger partial charge in [-0.15, -0.1) is 10.2 Å². The molecule has 0 radical (unpaired) electrons. The molecule has 11 heteroatoms. The number of piperidine rings is 1. The molecule has 2 atom stereocenters. The van der Waals surface area contributed by atoms with E-state index in [0.717, 1.165) is 4.57 Å². The number of rotatable bonds is 2. The van der Waals surface area contributed by atoms with Crippen LogP contribution in [0.15, 0.2) is 0 Å². The SMILES string of the molecule is CC[C@H]1CN(C(=O)O)CC[C@H]1C(=O)N1CCn2c(nnc2C(F)(F)F)C1. The number of nitrogens with zero attached hydrogens (tertiary/aromatic N) is 5. The van der Waals surface area contributed by atoms with Gasteiger partial charge in [0.25, 0.3) is 0 Å². The van der Waals surface area contributed by atoms with Gasteiger partial charge in [-0.05, 0) is 12.3 Å². The average molecular weight is 375 g/mol. The summed E-state index contributed by atoms with van der Waals surface area (Å²) < 4.78 is 39.7. The lowest BCUT2D eigenvalue weighted by molar-refractivity contribution is -0.148. The van der Waals surface area contributed by atoms with Gasteiger partial charge < -0.3 is 19.5 Å². The highest BCUT2D eigenvalue weighted by atomic mass is 19.4. The van der Waals surface area contributed by atoms with Crippen LogP contribution in [0.5, 0.6) is 0 Å². The van der Waals surface area contributed by atoms with Crippen molar-refractivity contribution in [2.75, 3.05) is 19.6 Å². The summed E-state index contributed by atoms with van der Waals surface area (Å²) in [6.45, 7) is 2.61. The minimum Gasteiger partial charge on any atom is -0.465 e. The molecule has 3 heterocycles. The van der Waals surface area contributed by atoms with Crippen LogP contribution in [0.3, 0.4) is 0 Å². The second kappa shape index (κ2) is 6.76. The lowest BCUT2D eigenvalue weighted by Crippen LogP contribution is -2.50. The van der Waals surface area contributed by atoms with Crippen molar-refractivity contribution in [3.05, 3.63) is 11.6 Å². The lowest BCUT2D eigenvalue weighted by atomic mass is 9.82. The van der Waals surface area contributed by atoms with Gasteiger partial charge in [0.15, 0.2) is 5.82 Å². The topological polar surface area (TPSA) is 91.6 Å². The summed E-state index contributed by atoms with van der Waals surface area (Å²) in [5.74, 6) is -1.50. The Morgan fingerprint density at radius 2 is 1.92 bits per heavy atom. The predicted molar refractivity (Wildman–Crippen MR) is 81.9 cm³/mol. The van der Waals surface area contributed by atoms with Crippen LogP contribution in [0, 0.1) is 11.8 Å². The smallest absolute Gasteiger partial charge is 0.451 e. The van der Waals surface area contributed by atoms with Crippen LogP contribution in [0.4, 0.5) is 18.0 Å². The highest BCUT2D eigenvalue weighted by molar-refractivity contribution is 5.79. The summed E-state index contributed by atoms with van der Waals surface area (Å²) in [5.41, 5.74) is 0. The molecule has 1 aromatic rings. The van der Waals surface area contributed by atoms with Gasteiger partial charge in [0.1, 0.15) is 0 Å². The third kappa shape index (κ3) is 3.34. The summed E-state index contributed by atoms with van der Waals surface area (Å²) in [4.78, 5) is 26.8. The van der Waals surface area contributed by atoms with Crippen molar-refractivity contribution in [3.63, 3.8) is 0 Å². The van der Waals surface area contributed by atoms with Crippen molar-refractivity contribution in [1.29, 1.82) is 0 Å². The monoisotopic (exact) mass is 375 g/mol. The maximum atomic E-state index is 12.9. The fourth-order valence-corrected chi connectivity index (χ4v) is 3.73. The quantitative estimate of drug-likeness (QED) is 0.849. The first-order valence-electron chi connectivity index (χ1n) is 8.48. The van der Waals surface area contributed by atoms with Crippen molar-refractivity contribution >= 4 is 12.0 Å². The second-order valence-corrected chi connectivity index (χ2v) is 6.64. The molecule has 1 aromatic heterocycles. The Morgan fingerprint density at radius 3 is 2.54 bits per heavy atom. The van der Waals surface area contributed by atoms with E-state index < -0.39 is 18.1 Å². The van der Waals surface area contributed by atoms with Crippen LogP contribution in [0.25, 0.3) is 0 Å². The van der Waals surface area contributed by atoms with E-state index in [9.17, 15) is 22.8 Å². The highest BCUT2D eigenvalue weighted by Crippen LogP contribution is 2.32. The molecule has 3 rings (SSSR count). The van der Waals surface area contributed by atoms with E-state index in [2.05, 4.69) is 10.2 Å². The van der Waals surface area contributed by atoms with E-state index in [4.69, 9.17) is 5.11 Å². The van der Waals surface area contributed by atoms with E-state index in [0.29, 0.717) is 19.4 Å². The maximum absolute atomic E-state index is 12.9. The van der Waals surface area contributed by atoms with E-state index in [-0.39, 0.29) is 49.7 Å². The molecule has 1 N–H and O–H groups in total. The van der Waals surface area contributed by atoms with Crippen LogP contribution < -0.4 is 0 Å². The average Bonchev–Trinajstić information content (AvgIpc) is 3.03.